The van der Waals surface area contributed by atoms with Gasteiger partial charge in [0.05, 0.1) is 12.3 Å². The van der Waals surface area contributed by atoms with Crippen LogP contribution in [0.2, 0.25) is 0 Å². The zero-order valence-electron chi connectivity index (χ0n) is 12.8. The molecule has 0 unspecified atom stereocenters. The van der Waals surface area contributed by atoms with Gasteiger partial charge >= 0.3 is 11.9 Å². The van der Waals surface area contributed by atoms with E-state index in [2.05, 4.69) is 18.9 Å². The van der Waals surface area contributed by atoms with E-state index in [9.17, 15) is 9.59 Å². The van der Waals surface area contributed by atoms with Crippen molar-refractivity contribution in [1.82, 2.24) is 9.78 Å². The van der Waals surface area contributed by atoms with Crippen molar-refractivity contribution in [2.45, 2.75) is 39.8 Å². The van der Waals surface area contributed by atoms with Gasteiger partial charge in [-0.3, -0.25) is 4.68 Å². The number of hydrogen-bond donors (Lipinski definition) is 0. The average Bonchev–Trinajstić information content (AvgIpc) is 3.10. The highest BCUT2D eigenvalue weighted by Gasteiger charge is 2.31. The van der Waals surface area contributed by atoms with Crippen LogP contribution in [0.3, 0.4) is 0 Å². The summed E-state index contributed by atoms with van der Waals surface area (Å²) in [6, 6.07) is 1.79. The summed E-state index contributed by atoms with van der Waals surface area (Å²) < 4.78 is 12.0. The Hall–Kier alpha value is -1.89. The molecule has 0 spiro atoms. The van der Waals surface area contributed by atoms with E-state index in [1.807, 2.05) is 11.6 Å². The van der Waals surface area contributed by atoms with Gasteiger partial charge in [-0.25, -0.2) is 9.59 Å². The Labute approximate surface area is 132 Å². The number of rotatable bonds is 4. The Kier molecular flexibility index (Phi) is 3.90. The van der Waals surface area contributed by atoms with Crippen molar-refractivity contribution in [1.29, 1.82) is 0 Å². The largest absolute Gasteiger partial charge is 0.463 e. The predicted octanol–water partition coefficient (Wildman–Crippen LogP) is 2.53. The van der Waals surface area contributed by atoms with E-state index < -0.39 is 18.0 Å². The normalized spacial score (nSPS) is 18.2. The van der Waals surface area contributed by atoms with Crippen LogP contribution in [0, 0.1) is 12.8 Å². The van der Waals surface area contributed by atoms with Crippen molar-refractivity contribution in [3.05, 3.63) is 16.6 Å². The lowest BCUT2D eigenvalue weighted by Crippen LogP contribution is -2.22. The summed E-state index contributed by atoms with van der Waals surface area (Å²) in [5, 5.41) is 5.47. The van der Waals surface area contributed by atoms with Gasteiger partial charge in [0.25, 0.3) is 0 Å². The summed E-state index contributed by atoms with van der Waals surface area (Å²) in [4.78, 5) is 25.1. The Morgan fingerprint density at radius 2 is 2.36 bits per heavy atom. The van der Waals surface area contributed by atoms with Gasteiger partial charge in [0.15, 0.2) is 0 Å². The molecular formula is C15H18N2O4S. The maximum absolute atomic E-state index is 12.2. The van der Waals surface area contributed by atoms with E-state index in [1.165, 1.54) is 11.3 Å². The number of aryl methyl sites for hydroxylation is 1. The summed E-state index contributed by atoms with van der Waals surface area (Å²) in [5.41, 5.74) is 0.895. The third-order valence-corrected chi connectivity index (χ3v) is 4.61. The van der Waals surface area contributed by atoms with Gasteiger partial charge in [-0.1, -0.05) is 13.8 Å². The molecular weight excluding hydrogens is 304 g/mol. The highest BCUT2D eigenvalue weighted by Crippen LogP contribution is 2.30. The zero-order chi connectivity index (χ0) is 15.9. The van der Waals surface area contributed by atoms with Gasteiger partial charge in [0, 0.05) is 18.4 Å². The van der Waals surface area contributed by atoms with Crippen LogP contribution in [-0.2, 0) is 20.8 Å². The molecule has 6 nitrogen and oxygen atoms in total. The van der Waals surface area contributed by atoms with E-state index >= 15 is 0 Å². The van der Waals surface area contributed by atoms with Crippen LogP contribution in [0.15, 0.2) is 6.07 Å². The minimum absolute atomic E-state index is 0.311. The SMILES string of the molecule is Cc1nn(CC(C)C)c2sc(C(=O)O[C@@H]3CCOC3=O)cc12. The Morgan fingerprint density at radius 1 is 1.59 bits per heavy atom. The van der Waals surface area contributed by atoms with Crippen LogP contribution in [0.1, 0.15) is 35.6 Å². The van der Waals surface area contributed by atoms with Gasteiger partial charge in [-0.15, -0.1) is 11.3 Å². The number of nitrogens with zero attached hydrogens (tertiary/aromatic N) is 2. The number of carbonyl (C=O) groups is 2. The van der Waals surface area contributed by atoms with E-state index in [-0.39, 0.29) is 0 Å². The molecule has 0 bridgehead atoms. The summed E-state index contributed by atoms with van der Waals surface area (Å²) in [6.45, 7) is 7.28. The van der Waals surface area contributed by atoms with Crippen LogP contribution in [0.25, 0.3) is 10.2 Å². The van der Waals surface area contributed by atoms with Crippen LogP contribution < -0.4 is 0 Å². The van der Waals surface area contributed by atoms with Gasteiger partial charge in [-0.2, -0.15) is 5.10 Å². The first-order valence-corrected chi connectivity index (χ1v) is 8.12. The number of hydrogen-bond acceptors (Lipinski definition) is 6. The third-order valence-electron chi connectivity index (χ3n) is 3.48. The van der Waals surface area contributed by atoms with Crippen LogP contribution in [0.4, 0.5) is 0 Å². The lowest BCUT2D eigenvalue weighted by atomic mass is 10.2. The van der Waals surface area contributed by atoms with Crippen LogP contribution in [-0.4, -0.2) is 34.4 Å². The molecule has 1 fully saturated rings. The molecule has 0 radical (unpaired) electrons. The quantitative estimate of drug-likeness (QED) is 0.809. The fraction of sp³-hybridized carbons (Fsp3) is 0.533. The first-order chi connectivity index (χ1) is 10.5. The summed E-state index contributed by atoms with van der Waals surface area (Å²) in [5.74, 6) is -0.467. The molecule has 2 aromatic rings. The van der Waals surface area contributed by atoms with E-state index in [1.54, 1.807) is 6.07 Å². The van der Waals surface area contributed by atoms with Crippen molar-refractivity contribution in [3.8, 4) is 0 Å². The standard InChI is InChI=1S/C15H18N2O4S/c1-8(2)7-17-13-10(9(3)16-17)6-12(22-13)15(19)21-11-4-5-20-14(11)18/h6,8,11H,4-5,7H2,1-3H3/t11-/m1/s1. The Balaban J connectivity index is 1.85. The molecule has 22 heavy (non-hydrogen) atoms. The second-order valence-electron chi connectivity index (χ2n) is 5.84. The first kappa shape index (κ1) is 15.0. The van der Waals surface area contributed by atoms with Gasteiger partial charge < -0.3 is 9.47 Å². The minimum atomic E-state index is -0.772. The lowest BCUT2D eigenvalue weighted by molar-refractivity contribution is -0.145. The molecule has 1 saturated heterocycles. The first-order valence-electron chi connectivity index (χ1n) is 7.30. The molecule has 3 rings (SSSR count). The van der Waals surface area contributed by atoms with E-state index in [0.717, 1.165) is 22.5 Å². The number of thiophene rings is 1. The second-order valence-corrected chi connectivity index (χ2v) is 6.87. The fourth-order valence-electron chi connectivity index (χ4n) is 2.45. The number of ether oxygens (including phenoxy) is 2. The predicted molar refractivity (Wildman–Crippen MR) is 82.0 cm³/mol. The highest BCUT2D eigenvalue weighted by molar-refractivity contribution is 7.20. The molecule has 0 N–H and O–H groups in total. The topological polar surface area (TPSA) is 70.4 Å². The smallest absolute Gasteiger partial charge is 0.349 e. The Morgan fingerprint density at radius 3 is 3.00 bits per heavy atom. The molecule has 1 atom stereocenters. The molecule has 118 valence electrons. The molecule has 7 heteroatoms. The number of esters is 2. The monoisotopic (exact) mass is 322 g/mol. The molecule has 2 aromatic heterocycles. The zero-order valence-corrected chi connectivity index (χ0v) is 13.6. The molecule has 0 aliphatic carbocycles. The summed E-state index contributed by atoms with van der Waals surface area (Å²) in [7, 11) is 0. The van der Waals surface area contributed by atoms with Crippen LogP contribution in [0.5, 0.6) is 0 Å². The molecule has 3 heterocycles. The molecule has 1 aliphatic rings. The maximum atomic E-state index is 12.2. The fourth-order valence-corrected chi connectivity index (χ4v) is 3.51. The molecule has 0 saturated carbocycles. The summed E-state index contributed by atoms with van der Waals surface area (Å²) in [6.07, 6.45) is -0.346. The van der Waals surface area contributed by atoms with Crippen molar-refractivity contribution in [2.75, 3.05) is 6.61 Å². The Bertz CT molecular complexity index is 731. The number of carbonyl (C=O) groups excluding carboxylic acids is 2. The lowest BCUT2D eigenvalue weighted by Gasteiger charge is -2.07. The third kappa shape index (κ3) is 2.72. The van der Waals surface area contributed by atoms with Crippen molar-refractivity contribution >= 4 is 33.5 Å². The number of cyclic esters (lactones) is 1. The maximum Gasteiger partial charge on any atom is 0.349 e. The summed E-state index contributed by atoms with van der Waals surface area (Å²) >= 11 is 1.35. The van der Waals surface area contributed by atoms with E-state index in [4.69, 9.17) is 9.47 Å². The molecule has 0 aromatic carbocycles. The van der Waals surface area contributed by atoms with Crippen LogP contribution >= 0.6 is 11.3 Å². The number of aromatic nitrogens is 2. The van der Waals surface area contributed by atoms with Crippen molar-refractivity contribution < 1.29 is 19.1 Å². The highest BCUT2D eigenvalue weighted by atomic mass is 32.1. The molecule has 1 aliphatic heterocycles. The van der Waals surface area contributed by atoms with Crippen molar-refractivity contribution in [3.63, 3.8) is 0 Å². The molecule has 0 amide bonds. The van der Waals surface area contributed by atoms with E-state index in [0.29, 0.717) is 23.8 Å². The van der Waals surface area contributed by atoms with Gasteiger partial charge in [0.2, 0.25) is 6.10 Å². The van der Waals surface area contributed by atoms with Crippen molar-refractivity contribution in [2.24, 2.45) is 5.92 Å². The number of fused-ring (bicyclic) bond motifs is 1. The second kappa shape index (κ2) is 5.72. The van der Waals surface area contributed by atoms with Gasteiger partial charge in [0.1, 0.15) is 9.71 Å². The minimum Gasteiger partial charge on any atom is -0.463 e. The average molecular weight is 322 g/mol. The van der Waals surface area contributed by atoms with Gasteiger partial charge in [-0.05, 0) is 18.9 Å².